The molecule has 10 nitrogen and oxygen atoms in total. The topological polar surface area (TPSA) is 120 Å². The number of carbonyl (C=O) groups excluding carboxylic acids is 2. The quantitative estimate of drug-likeness (QED) is 0.689. The first-order chi connectivity index (χ1) is 16.5. The Labute approximate surface area is 201 Å². The highest BCUT2D eigenvalue weighted by atomic mass is 32.2. The number of anilines is 1. The third kappa shape index (κ3) is 3.56. The van der Waals surface area contributed by atoms with Crippen molar-refractivity contribution in [3.05, 3.63) is 71.3 Å². The van der Waals surface area contributed by atoms with Crippen molar-refractivity contribution in [2.24, 2.45) is 10.1 Å². The molecule has 0 radical (unpaired) electrons. The lowest BCUT2D eigenvalue weighted by molar-refractivity contribution is -0.137. The van der Waals surface area contributed by atoms with Gasteiger partial charge in [0.1, 0.15) is 5.82 Å². The molecule has 2 N–H and O–H groups in total. The summed E-state index contributed by atoms with van der Waals surface area (Å²) in [4.78, 5) is 37.6. The van der Waals surface area contributed by atoms with E-state index in [1.165, 1.54) is 41.3 Å². The molecule has 3 amide bonds. The number of fused-ring (bicyclic) bond motifs is 3. The molecule has 0 bridgehead atoms. The Morgan fingerprint density at radius 1 is 1.00 bits per heavy atom. The lowest BCUT2D eigenvalue weighted by Crippen LogP contribution is -2.64. The molecule has 2 unspecified atom stereocenters. The fourth-order valence-corrected chi connectivity index (χ4v) is 5.14. The average molecular weight is 499 g/mol. The lowest BCUT2D eigenvalue weighted by Gasteiger charge is -2.40. The number of imide groups is 1. The van der Waals surface area contributed by atoms with Crippen LogP contribution in [0, 0.1) is 5.82 Å². The van der Waals surface area contributed by atoms with E-state index in [4.69, 9.17) is 10.1 Å². The first-order valence-corrected chi connectivity index (χ1v) is 12.3. The predicted octanol–water partition coefficient (Wildman–Crippen LogP) is 2.00. The van der Waals surface area contributed by atoms with E-state index in [1.54, 1.807) is 24.1 Å². The molecule has 182 valence electrons. The van der Waals surface area contributed by atoms with Gasteiger partial charge in [-0.25, -0.2) is 27.7 Å². The first kappa shape index (κ1) is 23.0. The number of carbonyl (C=O) groups is 2. The fraction of sp³-hybridized carbons (Fsp3) is 0.261. The zero-order chi connectivity index (χ0) is 25.2. The Morgan fingerprint density at radius 2 is 1.63 bits per heavy atom. The second-order valence-corrected chi connectivity index (χ2v) is 10.2. The van der Waals surface area contributed by atoms with Crippen LogP contribution in [0.25, 0.3) is 0 Å². The highest BCUT2D eigenvalue weighted by molar-refractivity contribution is 7.89. The predicted molar refractivity (Wildman–Crippen MR) is 126 cm³/mol. The Balaban J connectivity index is 1.49. The monoisotopic (exact) mass is 498 g/mol. The zero-order valence-electron chi connectivity index (χ0n) is 19.2. The number of likely N-dealkylation sites (N-methyl/N-ethyl adjacent to an activating group) is 1. The third-order valence-electron chi connectivity index (χ3n) is 6.57. The molecule has 0 spiro atoms. The van der Waals surface area contributed by atoms with Crippen LogP contribution in [0.1, 0.15) is 19.4 Å². The number of benzene rings is 2. The molecule has 1 fully saturated rings. The van der Waals surface area contributed by atoms with Crippen molar-refractivity contribution in [3.63, 3.8) is 0 Å². The van der Waals surface area contributed by atoms with Crippen LogP contribution in [0.3, 0.4) is 0 Å². The van der Waals surface area contributed by atoms with Gasteiger partial charge in [-0.15, -0.1) is 0 Å². The number of rotatable bonds is 4. The Hall–Kier alpha value is -3.77. The molecular weight excluding hydrogens is 475 g/mol. The van der Waals surface area contributed by atoms with Crippen LogP contribution in [0.5, 0.6) is 0 Å². The molecule has 35 heavy (non-hydrogen) atoms. The molecule has 2 aromatic carbocycles. The lowest BCUT2D eigenvalue weighted by atomic mass is 10.1. The number of sulfonamides is 1. The van der Waals surface area contributed by atoms with E-state index in [-0.39, 0.29) is 11.4 Å². The van der Waals surface area contributed by atoms with E-state index < -0.39 is 40.0 Å². The van der Waals surface area contributed by atoms with Gasteiger partial charge in [-0.2, -0.15) is 0 Å². The van der Waals surface area contributed by atoms with Gasteiger partial charge in [-0.1, -0.05) is 12.1 Å². The SMILES string of the molecule is CC1=C(C)N2C(=NC3C2C(=O)N(Cc2ccc(F)cc2)C(=O)N3C)N1c1ccc(S(N)(=O)=O)cc1. The number of allylic oxidation sites excluding steroid dienone is 2. The van der Waals surface area contributed by atoms with E-state index in [0.717, 1.165) is 16.3 Å². The molecule has 1 saturated heterocycles. The maximum Gasteiger partial charge on any atom is 0.328 e. The van der Waals surface area contributed by atoms with E-state index >= 15 is 0 Å². The fourth-order valence-electron chi connectivity index (χ4n) is 4.62. The molecule has 3 aliphatic rings. The van der Waals surface area contributed by atoms with E-state index in [2.05, 4.69) is 0 Å². The number of hydrogen-bond acceptors (Lipinski definition) is 7. The summed E-state index contributed by atoms with van der Waals surface area (Å²) >= 11 is 0. The van der Waals surface area contributed by atoms with Crippen molar-refractivity contribution >= 4 is 33.6 Å². The number of guanidine groups is 1. The van der Waals surface area contributed by atoms with Crippen molar-refractivity contribution in [3.8, 4) is 0 Å². The Morgan fingerprint density at radius 3 is 2.23 bits per heavy atom. The van der Waals surface area contributed by atoms with Crippen molar-refractivity contribution < 1.29 is 22.4 Å². The number of halogens is 1. The Kier molecular flexibility index (Phi) is 5.18. The van der Waals surface area contributed by atoms with Crippen molar-refractivity contribution in [1.29, 1.82) is 0 Å². The second-order valence-electron chi connectivity index (χ2n) is 8.65. The van der Waals surface area contributed by atoms with Gasteiger partial charge in [0, 0.05) is 24.1 Å². The summed E-state index contributed by atoms with van der Waals surface area (Å²) in [6.45, 7) is 3.74. The van der Waals surface area contributed by atoms with E-state index in [9.17, 15) is 22.4 Å². The van der Waals surface area contributed by atoms with Crippen LogP contribution < -0.4 is 10.0 Å². The minimum Gasteiger partial charge on any atom is -0.302 e. The third-order valence-corrected chi connectivity index (χ3v) is 7.50. The highest BCUT2D eigenvalue weighted by Crippen LogP contribution is 2.40. The summed E-state index contributed by atoms with van der Waals surface area (Å²) in [5, 5.41) is 5.21. The normalized spacial score (nSPS) is 22.1. The van der Waals surface area contributed by atoms with E-state index in [1.807, 2.05) is 18.7 Å². The average Bonchev–Trinajstić information content (AvgIpc) is 3.31. The standard InChI is InChI=1S/C23H23FN6O4S/c1-13-14(2)30-19-20(26-22(30)29(13)17-8-10-18(11-9-17)35(25,33)34)27(3)23(32)28(21(19)31)12-15-4-6-16(24)7-5-15/h4-11,19-20H,12H2,1-3H3,(H2,25,33,34). The molecule has 3 heterocycles. The number of urea groups is 1. The van der Waals surface area contributed by atoms with Gasteiger partial charge in [0.05, 0.1) is 11.4 Å². The van der Waals surface area contributed by atoms with Gasteiger partial charge < -0.3 is 4.90 Å². The summed E-state index contributed by atoms with van der Waals surface area (Å²) in [5.74, 6) is -0.337. The largest absolute Gasteiger partial charge is 0.328 e. The van der Waals surface area contributed by atoms with Crippen LogP contribution in [0.2, 0.25) is 0 Å². The molecule has 2 atom stereocenters. The van der Waals surface area contributed by atoms with Crippen molar-refractivity contribution in [2.75, 3.05) is 11.9 Å². The molecule has 0 aromatic heterocycles. The van der Waals surface area contributed by atoms with Crippen LogP contribution in [-0.4, -0.2) is 60.3 Å². The summed E-state index contributed by atoms with van der Waals surface area (Å²) in [5.41, 5.74) is 2.85. The van der Waals surface area contributed by atoms with Crippen molar-refractivity contribution in [1.82, 2.24) is 14.7 Å². The van der Waals surface area contributed by atoms with Gasteiger partial charge in [0.25, 0.3) is 5.91 Å². The number of nitrogens with two attached hydrogens (primary N) is 1. The summed E-state index contributed by atoms with van der Waals surface area (Å²) in [6.07, 6.45) is -0.733. The van der Waals surface area contributed by atoms with Gasteiger partial charge >= 0.3 is 6.03 Å². The van der Waals surface area contributed by atoms with Crippen LogP contribution in [0.4, 0.5) is 14.9 Å². The molecule has 12 heteroatoms. The molecular formula is C23H23FN6O4S. The van der Waals surface area contributed by atoms with Gasteiger partial charge in [-0.05, 0) is 55.8 Å². The molecule has 2 aromatic rings. The number of hydrogen-bond donors (Lipinski definition) is 1. The first-order valence-electron chi connectivity index (χ1n) is 10.8. The van der Waals surface area contributed by atoms with Gasteiger partial charge in [-0.3, -0.25) is 19.5 Å². The van der Waals surface area contributed by atoms with Crippen LogP contribution in [-0.2, 0) is 21.4 Å². The summed E-state index contributed by atoms with van der Waals surface area (Å²) < 4.78 is 36.6. The molecule has 5 rings (SSSR count). The summed E-state index contributed by atoms with van der Waals surface area (Å²) in [7, 11) is -2.25. The number of nitrogens with zero attached hydrogens (tertiary/aromatic N) is 5. The smallest absolute Gasteiger partial charge is 0.302 e. The van der Waals surface area contributed by atoms with Crippen molar-refractivity contribution in [2.45, 2.75) is 37.5 Å². The number of amides is 3. The molecule has 0 saturated carbocycles. The highest BCUT2D eigenvalue weighted by Gasteiger charge is 2.55. The maximum atomic E-state index is 13.6. The van der Waals surface area contributed by atoms with Crippen LogP contribution >= 0.6 is 0 Å². The Bertz CT molecular complexity index is 1400. The zero-order valence-corrected chi connectivity index (χ0v) is 20.0. The second kappa shape index (κ2) is 7.89. The minimum atomic E-state index is -3.84. The molecule has 0 aliphatic carbocycles. The minimum absolute atomic E-state index is 0.00909. The summed E-state index contributed by atoms with van der Waals surface area (Å²) in [6, 6.07) is 10.4. The van der Waals surface area contributed by atoms with E-state index in [0.29, 0.717) is 17.2 Å². The maximum absolute atomic E-state index is 13.6. The van der Waals surface area contributed by atoms with Gasteiger partial charge in [0.15, 0.2) is 12.2 Å². The number of aliphatic imine (C=N–C) groups is 1. The number of primary sulfonamides is 1. The molecule has 3 aliphatic heterocycles. The van der Waals surface area contributed by atoms with Gasteiger partial charge in [0.2, 0.25) is 16.0 Å². The van der Waals surface area contributed by atoms with Crippen LogP contribution in [0.15, 0.2) is 69.8 Å².